The summed E-state index contributed by atoms with van der Waals surface area (Å²) in [5.41, 5.74) is 5.82. The van der Waals surface area contributed by atoms with Crippen LogP contribution in [-0.4, -0.2) is 28.2 Å². The van der Waals surface area contributed by atoms with E-state index in [1.165, 1.54) is 6.07 Å². The lowest BCUT2D eigenvalue weighted by molar-refractivity contribution is -0.370. The fraction of sp³-hybridized carbons (Fsp3) is 0.111. The maximum atomic E-state index is 12.0. The van der Waals surface area contributed by atoms with E-state index in [9.17, 15) is 9.90 Å². The number of phenolic OH excluding ortho intramolecular Hbond substituents is 1. The molecule has 0 radical (unpaired) electrons. The Balaban J connectivity index is 2.03. The predicted molar refractivity (Wildman–Crippen MR) is 95.7 cm³/mol. The molecule has 7 heteroatoms. The van der Waals surface area contributed by atoms with E-state index in [0.29, 0.717) is 40.9 Å². The summed E-state index contributed by atoms with van der Waals surface area (Å²) in [7, 11) is 0. The molecule has 3 rings (SSSR count). The minimum atomic E-state index is -0.462. The van der Waals surface area contributed by atoms with Crippen molar-refractivity contribution in [3.8, 4) is 34.0 Å². The molecule has 0 saturated carbocycles. The molecule has 0 amide bonds. The Hall–Kier alpha value is -2.83. The number of aromatic amines is 1. The van der Waals surface area contributed by atoms with Gasteiger partial charge >= 0.3 is 5.69 Å². The van der Waals surface area contributed by atoms with Gasteiger partial charge in [-0.2, -0.15) is 4.98 Å². The fourth-order valence-electron chi connectivity index (χ4n) is 2.36. The van der Waals surface area contributed by atoms with Crippen LogP contribution in [0.15, 0.2) is 53.3 Å². The van der Waals surface area contributed by atoms with E-state index in [4.69, 9.17) is 16.3 Å². The van der Waals surface area contributed by atoms with E-state index < -0.39 is 5.69 Å². The van der Waals surface area contributed by atoms with Crippen LogP contribution >= 0.6 is 11.6 Å². The molecular formula is C18H17ClN3O3+. The number of H-pyrrole nitrogens is 1. The number of nitrogens with one attached hydrogen (secondary N) is 1. The molecule has 0 aliphatic carbocycles. The van der Waals surface area contributed by atoms with Crippen LogP contribution in [0.25, 0.3) is 22.5 Å². The minimum Gasteiger partial charge on any atom is -0.504 e. The van der Waals surface area contributed by atoms with Crippen LogP contribution in [0.2, 0.25) is 5.02 Å². The molecule has 0 aliphatic heterocycles. The highest BCUT2D eigenvalue weighted by molar-refractivity contribution is 6.30. The molecule has 128 valence electrons. The van der Waals surface area contributed by atoms with Crippen molar-refractivity contribution in [2.24, 2.45) is 0 Å². The maximum absolute atomic E-state index is 12.0. The van der Waals surface area contributed by atoms with Gasteiger partial charge < -0.3 is 20.6 Å². The molecule has 1 heterocycles. The van der Waals surface area contributed by atoms with E-state index in [1.807, 2.05) is 12.1 Å². The van der Waals surface area contributed by atoms with Gasteiger partial charge in [0.05, 0.1) is 11.4 Å². The van der Waals surface area contributed by atoms with Crippen LogP contribution < -0.4 is 16.2 Å². The van der Waals surface area contributed by atoms with E-state index in [-0.39, 0.29) is 5.75 Å². The van der Waals surface area contributed by atoms with Gasteiger partial charge in [-0.15, -0.1) is 0 Å². The standard InChI is InChI=1S/C18H16ClN3O3/c19-13-4-1-11(2-5-13)14-10-15(22-18(24)21-14)12-3-6-16(23)17(9-12)25-8-7-20/h1-6,9-10,23H,7-8,20H2,(H,21,22,24)/p+1. The lowest BCUT2D eigenvalue weighted by Crippen LogP contribution is -2.52. The van der Waals surface area contributed by atoms with Gasteiger partial charge in [0.15, 0.2) is 11.5 Å². The van der Waals surface area contributed by atoms with Crippen molar-refractivity contribution in [1.82, 2.24) is 9.97 Å². The molecule has 0 bridgehead atoms. The topological polar surface area (TPSA) is 103 Å². The zero-order valence-corrected chi connectivity index (χ0v) is 14.1. The zero-order valence-electron chi connectivity index (χ0n) is 13.3. The Bertz CT molecular complexity index is 939. The first-order valence-electron chi connectivity index (χ1n) is 7.69. The number of aromatic hydroxyl groups is 1. The largest absolute Gasteiger partial charge is 0.504 e. The van der Waals surface area contributed by atoms with Crippen LogP contribution in [-0.2, 0) is 0 Å². The van der Waals surface area contributed by atoms with Gasteiger partial charge in [-0.3, -0.25) is 0 Å². The normalized spacial score (nSPS) is 10.6. The van der Waals surface area contributed by atoms with Gasteiger partial charge in [0, 0.05) is 10.6 Å². The highest BCUT2D eigenvalue weighted by Gasteiger charge is 2.10. The number of hydrogen-bond acceptors (Lipinski definition) is 4. The summed E-state index contributed by atoms with van der Waals surface area (Å²) < 4.78 is 5.47. The Morgan fingerprint density at radius 1 is 1.12 bits per heavy atom. The molecule has 0 atom stereocenters. The summed E-state index contributed by atoms with van der Waals surface area (Å²) in [5.74, 6) is 0.358. The molecule has 1 aromatic heterocycles. The summed E-state index contributed by atoms with van der Waals surface area (Å²) in [5, 5.41) is 10.5. The Kier molecular flexibility index (Phi) is 5.02. The molecule has 6 nitrogen and oxygen atoms in total. The Labute approximate surface area is 148 Å². The van der Waals surface area contributed by atoms with Crippen LogP contribution in [0.1, 0.15) is 0 Å². The van der Waals surface area contributed by atoms with E-state index in [2.05, 4.69) is 15.7 Å². The Morgan fingerprint density at radius 3 is 2.56 bits per heavy atom. The van der Waals surface area contributed by atoms with Gasteiger partial charge in [-0.25, -0.2) is 4.79 Å². The SMILES string of the molecule is [NH3+]CCOc1cc(-c2cc(-c3ccc(Cl)cc3)[nH]c(=O)n2)ccc1O. The number of halogens is 1. The maximum Gasteiger partial charge on any atom is 0.345 e. The Morgan fingerprint density at radius 2 is 1.84 bits per heavy atom. The highest BCUT2D eigenvalue weighted by atomic mass is 35.5. The zero-order chi connectivity index (χ0) is 17.8. The highest BCUT2D eigenvalue weighted by Crippen LogP contribution is 2.31. The average Bonchev–Trinajstić information content (AvgIpc) is 2.61. The van der Waals surface area contributed by atoms with Crippen molar-refractivity contribution >= 4 is 11.6 Å². The van der Waals surface area contributed by atoms with Crippen molar-refractivity contribution < 1.29 is 15.6 Å². The van der Waals surface area contributed by atoms with Crippen LogP contribution in [0.4, 0.5) is 0 Å². The molecular weight excluding hydrogens is 342 g/mol. The van der Waals surface area contributed by atoms with Crippen molar-refractivity contribution in [2.75, 3.05) is 13.2 Å². The smallest absolute Gasteiger partial charge is 0.345 e. The molecule has 25 heavy (non-hydrogen) atoms. The molecule has 0 saturated heterocycles. The number of hydrogen-bond donors (Lipinski definition) is 3. The second-order valence-electron chi connectivity index (χ2n) is 5.38. The van der Waals surface area contributed by atoms with Crippen LogP contribution in [0, 0.1) is 0 Å². The number of aromatic nitrogens is 2. The molecule has 0 aliphatic rings. The quantitative estimate of drug-likeness (QED) is 0.649. The number of benzene rings is 2. The lowest BCUT2D eigenvalue weighted by atomic mass is 10.1. The number of quaternary nitrogens is 1. The first-order valence-corrected chi connectivity index (χ1v) is 8.07. The summed E-state index contributed by atoms with van der Waals surface area (Å²) in [4.78, 5) is 18.7. The van der Waals surface area contributed by atoms with Gasteiger partial charge in [0.25, 0.3) is 0 Å². The summed E-state index contributed by atoms with van der Waals surface area (Å²) in [6, 6.07) is 13.7. The number of ether oxygens (including phenoxy) is 1. The van der Waals surface area contributed by atoms with Gasteiger partial charge in [0.2, 0.25) is 0 Å². The first kappa shape index (κ1) is 17.0. The number of nitrogens with zero attached hydrogens (tertiary/aromatic N) is 1. The summed E-state index contributed by atoms with van der Waals surface area (Å²) in [6.07, 6.45) is 0. The summed E-state index contributed by atoms with van der Waals surface area (Å²) >= 11 is 5.91. The second-order valence-corrected chi connectivity index (χ2v) is 5.81. The van der Waals surface area contributed by atoms with E-state index in [1.54, 1.807) is 30.3 Å². The number of rotatable bonds is 5. The van der Waals surface area contributed by atoms with Gasteiger partial charge in [0.1, 0.15) is 13.2 Å². The van der Waals surface area contributed by atoms with E-state index >= 15 is 0 Å². The third-order valence-corrected chi connectivity index (χ3v) is 3.81. The van der Waals surface area contributed by atoms with Crippen molar-refractivity contribution in [3.05, 3.63) is 64.0 Å². The third-order valence-electron chi connectivity index (χ3n) is 3.56. The molecule has 0 fully saturated rings. The molecule has 0 spiro atoms. The third kappa shape index (κ3) is 3.99. The lowest BCUT2D eigenvalue weighted by Gasteiger charge is -2.09. The van der Waals surface area contributed by atoms with Crippen molar-refractivity contribution in [2.45, 2.75) is 0 Å². The van der Waals surface area contributed by atoms with Gasteiger partial charge in [-0.1, -0.05) is 23.7 Å². The van der Waals surface area contributed by atoms with E-state index in [0.717, 1.165) is 5.56 Å². The molecule has 5 N–H and O–H groups in total. The second kappa shape index (κ2) is 7.38. The summed E-state index contributed by atoms with van der Waals surface area (Å²) in [6.45, 7) is 0.962. The monoisotopic (exact) mass is 358 g/mol. The minimum absolute atomic E-state index is 0.0277. The molecule has 3 aromatic rings. The first-order chi connectivity index (χ1) is 12.1. The average molecular weight is 359 g/mol. The van der Waals surface area contributed by atoms with Crippen molar-refractivity contribution in [1.29, 1.82) is 0 Å². The molecule has 2 aromatic carbocycles. The van der Waals surface area contributed by atoms with Crippen LogP contribution in [0.5, 0.6) is 11.5 Å². The molecule has 0 unspecified atom stereocenters. The number of phenols is 1. The van der Waals surface area contributed by atoms with Crippen molar-refractivity contribution in [3.63, 3.8) is 0 Å². The predicted octanol–water partition coefficient (Wildman–Crippen LogP) is 2.08. The van der Waals surface area contributed by atoms with Crippen LogP contribution in [0.3, 0.4) is 0 Å². The fourth-order valence-corrected chi connectivity index (χ4v) is 2.49. The van der Waals surface area contributed by atoms with Gasteiger partial charge in [-0.05, 0) is 42.0 Å².